The second kappa shape index (κ2) is 8.54. The van der Waals surface area contributed by atoms with Crippen LogP contribution >= 0.6 is 11.6 Å². The van der Waals surface area contributed by atoms with Gasteiger partial charge >= 0.3 is 5.97 Å². The summed E-state index contributed by atoms with van der Waals surface area (Å²) in [6, 6.07) is 8.32. The van der Waals surface area contributed by atoms with Gasteiger partial charge in [0.15, 0.2) is 0 Å². The Morgan fingerprint density at radius 3 is 2.61 bits per heavy atom. The highest BCUT2D eigenvalue weighted by Gasteiger charge is 2.23. The number of hydrogen-bond acceptors (Lipinski definition) is 3. The molecule has 0 saturated carbocycles. The van der Waals surface area contributed by atoms with E-state index in [1.54, 1.807) is 36.0 Å². The Labute approximate surface area is 167 Å². The molecule has 0 amide bonds. The number of benzene rings is 1. The first kappa shape index (κ1) is 20.0. The van der Waals surface area contributed by atoms with Gasteiger partial charge in [0.05, 0.1) is 12.1 Å². The Balaban J connectivity index is 1.90. The molecule has 3 aromatic rings. The van der Waals surface area contributed by atoms with Gasteiger partial charge in [0.1, 0.15) is 5.82 Å². The summed E-state index contributed by atoms with van der Waals surface area (Å²) < 4.78 is 16.0. The van der Waals surface area contributed by atoms with Crippen LogP contribution in [0.5, 0.6) is 0 Å². The van der Waals surface area contributed by atoms with Crippen molar-refractivity contribution in [1.82, 2.24) is 14.9 Å². The lowest BCUT2D eigenvalue weighted by Gasteiger charge is -2.12. The van der Waals surface area contributed by atoms with Crippen LogP contribution in [0.2, 0.25) is 5.02 Å². The molecule has 5 nitrogen and oxygen atoms in total. The Morgan fingerprint density at radius 1 is 1.18 bits per heavy atom. The van der Waals surface area contributed by atoms with E-state index in [0.29, 0.717) is 34.9 Å². The second-order valence-corrected chi connectivity index (χ2v) is 6.99. The predicted molar refractivity (Wildman–Crippen MR) is 106 cm³/mol. The fourth-order valence-corrected chi connectivity index (χ4v) is 3.58. The van der Waals surface area contributed by atoms with Gasteiger partial charge < -0.3 is 15.0 Å². The standard InChI is InChI=1S/C21H21ClFN3O2/c1-13-16(11-25-10-15-5-4-8-24-9-15)20(21(27)28)14(2)26(13)12-17-18(22)6-3-7-19(17)23/h3-9,25H,10-12H2,1-2H3,(H,27,28). The largest absolute Gasteiger partial charge is 0.478 e. The first-order chi connectivity index (χ1) is 13.4. The number of carboxylic acids is 1. The number of aromatic nitrogens is 2. The zero-order valence-corrected chi connectivity index (χ0v) is 16.4. The van der Waals surface area contributed by atoms with E-state index in [-0.39, 0.29) is 12.1 Å². The van der Waals surface area contributed by atoms with Crippen molar-refractivity contribution in [2.45, 2.75) is 33.5 Å². The molecule has 2 N–H and O–H groups in total. The second-order valence-electron chi connectivity index (χ2n) is 6.58. The van der Waals surface area contributed by atoms with Gasteiger partial charge in [-0.1, -0.05) is 23.7 Å². The number of rotatable bonds is 7. The van der Waals surface area contributed by atoms with Gasteiger partial charge in [-0.15, -0.1) is 0 Å². The number of nitrogens with zero attached hydrogens (tertiary/aromatic N) is 2. The van der Waals surface area contributed by atoms with Crippen LogP contribution in [0.1, 0.15) is 38.4 Å². The maximum Gasteiger partial charge on any atom is 0.337 e. The average molecular weight is 402 g/mol. The minimum Gasteiger partial charge on any atom is -0.478 e. The number of halogens is 2. The molecule has 0 unspecified atom stereocenters. The molecular formula is C21H21ClFN3O2. The molecule has 3 rings (SSSR count). The first-order valence-corrected chi connectivity index (χ1v) is 9.22. The van der Waals surface area contributed by atoms with Crippen molar-refractivity contribution in [3.63, 3.8) is 0 Å². The fraction of sp³-hybridized carbons (Fsp3) is 0.238. The lowest BCUT2D eigenvalue weighted by Crippen LogP contribution is -2.15. The van der Waals surface area contributed by atoms with Crippen molar-refractivity contribution in [2.24, 2.45) is 0 Å². The van der Waals surface area contributed by atoms with Gasteiger partial charge in [0.2, 0.25) is 0 Å². The van der Waals surface area contributed by atoms with Crippen LogP contribution in [0, 0.1) is 19.7 Å². The molecule has 0 radical (unpaired) electrons. The van der Waals surface area contributed by atoms with Crippen molar-refractivity contribution in [3.05, 3.63) is 87.2 Å². The molecular weight excluding hydrogens is 381 g/mol. The highest BCUT2D eigenvalue weighted by atomic mass is 35.5. The summed E-state index contributed by atoms with van der Waals surface area (Å²) >= 11 is 6.16. The molecule has 0 atom stereocenters. The van der Waals surface area contributed by atoms with E-state index in [9.17, 15) is 14.3 Å². The number of pyridine rings is 1. The van der Waals surface area contributed by atoms with Gasteiger partial charge in [-0.2, -0.15) is 0 Å². The van der Waals surface area contributed by atoms with Crippen molar-refractivity contribution in [1.29, 1.82) is 0 Å². The van der Waals surface area contributed by atoms with Gasteiger partial charge in [-0.25, -0.2) is 9.18 Å². The number of hydrogen-bond donors (Lipinski definition) is 2. The van der Waals surface area contributed by atoms with Crippen molar-refractivity contribution in [3.8, 4) is 0 Å². The third-order valence-electron chi connectivity index (χ3n) is 4.86. The molecule has 1 aromatic carbocycles. The van der Waals surface area contributed by atoms with Crippen LogP contribution in [0.15, 0.2) is 42.7 Å². The van der Waals surface area contributed by atoms with Crippen LogP contribution in [0.25, 0.3) is 0 Å². The van der Waals surface area contributed by atoms with Crippen LogP contribution in [-0.4, -0.2) is 20.6 Å². The number of aromatic carboxylic acids is 1. The summed E-state index contributed by atoms with van der Waals surface area (Å²) in [6.45, 7) is 4.69. The van der Waals surface area contributed by atoms with E-state index < -0.39 is 11.8 Å². The lowest BCUT2D eigenvalue weighted by atomic mass is 10.1. The number of nitrogens with one attached hydrogen (secondary N) is 1. The molecule has 7 heteroatoms. The first-order valence-electron chi connectivity index (χ1n) is 8.84. The van der Waals surface area contributed by atoms with Crippen molar-refractivity contribution < 1.29 is 14.3 Å². The van der Waals surface area contributed by atoms with Crippen molar-refractivity contribution >= 4 is 17.6 Å². The highest BCUT2D eigenvalue weighted by molar-refractivity contribution is 6.31. The lowest BCUT2D eigenvalue weighted by molar-refractivity contribution is 0.0694. The molecule has 0 bridgehead atoms. The molecule has 0 aliphatic heterocycles. The normalized spacial score (nSPS) is 11.0. The molecule has 0 aliphatic carbocycles. The molecule has 2 heterocycles. The Morgan fingerprint density at radius 2 is 1.96 bits per heavy atom. The summed E-state index contributed by atoms with van der Waals surface area (Å²) in [4.78, 5) is 15.9. The average Bonchev–Trinajstić information content (AvgIpc) is 2.89. The van der Waals surface area contributed by atoms with E-state index in [1.807, 2.05) is 19.1 Å². The quantitative estimate of drug-likeness (QED) is 0.618. The molecule has 0 aliphatic rings. The Hall–Kier alpha value is -2.70. The third-order valence-corrected chi connectivity index (χ3v) is 5.21. The third kappa shape index (κ3) is 4.08. The minimum atomic E-state index is -1.00. The maximum atomic E-state index is 14.2. The van der Waals surface area contributed by atoms with Gasteiger partial charge in [0.25, 0.3) is 0 Å². The van der Waals surface area contributed by atoms with Gasteiger partial charge in [-0.05, 0) is 37.6 Å². The molecule has 0 spiro atoms. The topological polar surface area (TPSA) is 67.2 Å². The zero-order valence-electron chi connectivity index (χ0n) is 15.7. The van der Waals surface area contributed by atoms with Crippen LogP contribution in [0.4, 0.5) is 4.39 Å². The summed E-state index contributed by atoms with van der Waals surface area (Å²) in [5, 5.41) is 13.3. The summed E-state index contributed by atoms with van der Waals surface area (Å²) in [5.41, 5.74) is 3.61. The van der Waals surface area contributed by atoms with E-state index >= 15 is 0 Å². The predicted octanol–water partition coefficient (Wildman–Crippen LogP) is 4.33. The zero-order chi connectivity index (χ0) is 20.3. The maximum absolute atomic E-state index is 14.2. The van der Waals surface area contributed by atoms with Gasteiger partial charge in [0, 0.05) is 53.0 Å². The van der Waals surface area contributed by atoms with Gasteiger partial charge in [-0.3, -0.25) is 4.98 Å². The fourth-order valence-electron chi connectivity index (χ4n) is 3.36. The molecule has 0 fully saturated rings. The summed E-state index contributed by atoms with van der Waals surface area (Å²) in [6.07, 6.45) is 3.46. The Kier molecular flexibility index (Phi) is 6.11. The SMILES string of the molecule is Cc1c(CNCc2cccnc2)c(C(=O)O)c(C)n1Cc1c(F)cccc1Cl. The minimum absolute atomic E-state index is 0.173. The summed E-state index contributed by atoms with van der Waals surface area (Å²) in [5.74, 6) is -1.41. The number of carboxylic acid groups (broad SMARTS) is 1. The molecule has 146 valence electrons. The smallest absolute Gasteiger partial charge is 0.337 e. The number of carbonyl (C=O) groups is 1. The van der Waals surface area contributed by atoms with Crippen LogP contribution in [-0.2, 0) is 19.6 Å². The molecule has 28 heavy (non-hydrogen) atoms. The molecule has 2 aromatic heterocycles. The molecule has 0 saturated heterocycles. The highest BCUT2D eigenvalue weighted by Crippen LogP contribution is 2.27. The monoisotopic (exact) mass is 401 g/mol. The van der Waals surface area contributed by atoms with E-state index in [1.165, 1.54) is 6.07 Å². The van der Waals surface area contributed by atoms with E-state index in [2.05, 4.69) is 10.3 Å². The van der Waals surface area contributed by atoms with Crippen LogP contribution < -0.4 is 5.32 Å². The summed E-state index contributed by atoms with van der Waals surface area (Å²) in [7, 11) is 0. The van der Waals surface area contributed by atoms with Crippen LogP contribution in [0.3, 0.4) is 0 Å². The van der Waals surface area contributed by atoms with E-state index in [4.69, 9.17) is 11.6 Å². The van der Waals surface area contributed by atoms with Crippen molar-refractivity contribution in [2.75, 3.05) is 0 Å². The Bertz CT molecular complexity index is 982. The van der Waals surface area contributed by atoms with E-state index in [0.717, 1.165) is 11.3 Å².